The molecule has 0 aliphatic carbocycles. The maximum absolute atomic E-state index is 12.8. The van der Waals surface area contributed by atoms with E-state index < -0.39 is 29.6 Å². The fourth-order valence-electron chi connectivity index (χ4n) is 2.92. The third kappa shape index (κ3) is 7.33. The van der Waals surface area contributed by atoms with Gasteiger partial charge in [-0.15, -0.1) is 0 Å². The van der Waals surface area contributed by atoms with E-state index in [0.717, 1.165) is 23.8 Å². The molecule has 184 valence electrons. The number of rotatable bonds is 9. The second-order valence-electron chi connectivity index (χ2n) is 6.95. The van der Waals surface area contributed by atoms with Gasteiger partial charge in [0.2, 0.25) is 5.91 Å². The minimum Gasteiger partial charge on any atom is -0.494 e. The molecule has 3 rings (SSSR count). The van der Waals surface area contributed by atoms with Gasteiger partial charge in [0.05, 0.1) is 25.8 Å². The summed E-state index contributed by atoms with van der Waals surface area (Å²) < 4.78 is 16.9. The number of carbonyl (C=O) groups excluding carboxylic acids is 4. The van der Waals surface area contributed by atoms with Crippen LogP contribution in [0.2, 0.25) is 0 Å². The Labute approximate surface area is 233 Å². The number of anilines is 1. The van der Waals surface area contributed by atoms with E-state index in [-0.39, 0.29) is 11.5 Å². The first-order valence-electron chi connectivity index (χ1n) is 10.2. The number of amides is 3. The molecule has 0 bridgehead atoms. The number of hydrogen-bond donors (Lipinski definition) is 1. The fourth-order valence-corrected chi connectivity index (χ4v) is 5.89. The van der Waals surface area contributed by atoms with Crippen molar-refractivity contribution in [1.29, 1.82) is 0 Å². The van der Waals surface area contributed by atoms with Gasteiger partial charge >= 0.3 is 5.97 Å². The Morgan fingerprint density at radius 2 is 1.74 bits per heavy atom. The zero-order chi connectivity index (χ0) is 25.5. The largest absolute Gasteiger partial charge is 0.494 e. The molecule has 1 aliphatic rings. The third-order valence-corrected chi connectivity index (χ3v) is 7.01. The van der Waals surface area contributed by atoms with Crippen molar-refractivity contribution in [1.82, 2.24) is 4.90 Å². The van der Waals surface area contributed by atoms with Crippen molar-refractivity contribution in [2.75, 3.05) is 32.2 Å². The van der Waals surface area contributed by atoms with Crippen LogP contribution in [-0.2, 0) is 19.1 Å². The van der Waals surface area contributed by atoms with Crippen LogP contribution in [0.3, 0.4) is 0 Å². The molecule has 1 aliphatic heterocycles. The van der Waals surface area contributed by atoms with Crippen LogP contribution in [0, 0.1) is 7.14 Å². The van der Waals surface area contributed by atoms with E-state index in [1.54, 1.807) is 42.5 Å². The van der Waals surface area contributed by atoms with Crippen LogP contribution in [0.5, 0.6) is 11.5 Å². The van der Waals surface area contributed by atoms with Crippen molar-refractivity contribution in [2.24, 2.45) is 0 Å². The second kappa shape index (κ2) is 12.6. The normalized spacial score (nSPS) is 14.3. The Morgan fingerprint density at radius 1 is 1.09 bits per heavy atom. The number of thioether (sulfide) groups is 1. The standard InChI is InChI=1S/C23H20I2N2O7S/c1-3-33-15-6-4-14(5-7-15)26-19(28)11-27-22(30)18(35-23(27)31)10-13-8-16(24)21(17(25)9-13)34-12-20(29)32-2/h4-10H,3,11-12H2,1-2H3,(H,26,28)/b18-10+. The molecule has 0 aromatic heterocycles. The summed E-state index contributed by atoms with van der Waals surface area (Å²) in [6.45, 7) is 1.78. The summed E-state index contributed by atoms with van der Waals surface area (Å²) >= 11 is 4.89. The monoisotopic (exact) mass is 722 g/mol. The molecule has 12 heteroatoms. The Balaban J connectivity index is 1.67. The number of nitrogens with zero attached hydrogens (tertiary/aromatic N) is 1. The van der Waals surface area contributed by atoms with Gasteiger partial charge in [0.15, 0.2) is 6.61 Å². The van der Waals surface area contributed by atoms with E-state index in [9.17, 15) is 19.2 Å². The number of ether oxygens (including phenoxy) is 3. The predicted molar refractivity (Wildman–Crippen MR) is 148 cm³/mol. The molecule has 3 amide bonds. The zero-order valence-electron chi connectivity index (χ0n) is 18.6. The van der Waals surface area contributed by atoms with Crippen molar-refractivity contribution in [3.63, 3.8) is 0 Å². The van der Waals surface area contributed by atoms with Gasteiger partial charge in [-0.1, -0.05) is 0 Å². The van der Waals surface area contributed by atoms with Crippen LogP contribution in [0.1, 0.15) is 12.5 Å². The first-order chi connectivity index (χ1) is 16.7. The van der Waals surface area contributed by atoms with Crippen LogP contribution in [0.4, 0.5) is 10.5 Å². The number of nitrogens with one attached hydrogen (secondary N) is 1. The number of methoxy groups -OCH3 is 1. The average Bonchev–Trinajstić information content (AvgIpc) is 3.07. The van der Waals surface area contributed by atoms with E-state index in [4.69, 9.17) is 9.47 Å². The summed E-state index contributed by atoms with van der Waals surface area (Å²) in [7, 11) is 1.28. The molecule has 9 nitrogen and oxygen atoms in total. The molecule has 35 heavy (non-hydrogen) atoms. The molecule has 1 fully saturated rings. The van der Waals surface area contributed by atoms with Gasteiger partial charge in [0.1, 0.15) is 18.0 Å². The first-order valence-corrected chi connectivity index (χ1v) is 13.2. The van der Waals surface area contributed by atoms with Gasteiger partial charge in [0, 0.05) is 5.69 Å². The molecule has 2 aromatic rings. The van der Waals surface area contributed by atoms with Crippen molar-refractivity contribution < 1.29 is 33.4 Å². The molecule has 0 spiro atoms. The maximum atomic E-state index is 12.8. The Hall–Kier alpha value is -2.33. The summed E-state index contributed by atoms with van der Waals surface area (Å²) in [4.78, 5) is 50.1. The molecule has 0 atom stereocenters. The SMILES string of the molecule is CCOc1ccc(NC(=O)CN2C(=O)S/C(=C/c3cc(I)c(OCC(=O)OC)c(I)c3)C2=O)cc1. The first kappa shape index (κ1) is 27.3. The van der Waals surface area contributed by atoms with Crippen LogP contribution < -0.4 is 14.8 Å². The van der Waals surface area contributed by atoms with Crippen LogP contribution >= 0.6 is 56.9 Å². The van der Waals surface area contributed by atoms with Crippen LogP contribution in [0.25, 0.3) is 6.08 Å². The number of benzene rings is 2. The smallest absolute Gasteiger partial charge is 0.343 e. The van der Waals surface area contributed by atoms with E-state index in [2.05, 4.69) is 55.2 Å². The second-order valence-corrected chi connectivity index (χ2v) is 10.3. The summed E-state index contributed by atoms with van der Waals surface area (Å²) in [5.74, 6) is -0.338. The summed E-state index contributed by atoms with van der Waals surface area (Å²) in [6.07, 6.45) is 1.59. The van der Waals surface area contributed by atoms with Crippen molar-refractivity contribution in [3.05, 3.63) is 54.0 Å². The van der Waals surface area contributed by atoms with Gasteiger partial charge in [0.25, 0.3) is 11.1 Å². The van der Waals surface area contributed by atoms with Crippen LogP contribution in [0.15, 0.2) is 41.3 Å². The highest BCUT2D eigenvalue weighted by molar-refractivity contribution is 14.1. The molecule has 2 aromatic carbocycles. The van der Waals surface area contributed by atoms with Crippen molar-refractivity contribution in [3.8, 4) is 11.5 Å². The Bertz CT molecular complexity index is 1160. The van der Waals surface area contributed by atoms with Gasteiger partial charge < -0.3 is 19.5 Å². The van der Waals surface area contributed by atoms with Gasteiger partial charge in [-0.25, -0.2) is 4.79 Å². The number of esters is 1. The lowest BCUT2D eigenvalue weighted by molar-refractivity contribution is -0.143. The molecule has 1 saturated heterocycles. The van der Waals surface area contributed by atoms with E-state index in [1.165, 1.54) is 7.11 Å². The molecular formula is C23H20I2N2O7S. The molecule has 1 N–H and O–H groups in total. The zero-order valence-corrected chi connectivity index (χ0v) is 23.8. The van der Waals surface area contributed by atoms with E-state index in [1.807, 2.05) is 6.92 Å². The Morgan fingerprint density at radius 3 is 2.34 bits per heavy atom. The molecular weight excluding hydrogens is 702 g/mol. The number of hydrogen-bond acceptors (Lipinski definition) is 8. The molecule has 0 radical (unpaired) electrons. The van der Waals surface area contributed by atoms with Crippen LogP contribution in [-0.4, -0.2) is 54.8 Å². The van der Waals surface area contributed by atoms with Crippen molar-refractivity contribution in [2.45, 2.75) is 6.92 Å². The van der Waals surface area contributed by atoms with E-state index in [0.29, 0.717) is 29.4 Å². The fraction of sp³-hybridized carbons (Fsp3) is 0.217. The molecule has 0 saturated carbocycles. The lowest BCUT2D eigenvalue weighted by Crippen LogP contribution is -2.36. The predicted octanol–water partition coefficient (Wildman–Crippen LogP) is 4.52. The molecule has 1 heterocycles. The summed E-state index contributed by atoms with van der Waals surface area (Å²) in [5.41, 5.74) is 1.20. The average molecular weight is 722 g/mol. The van der Waals surface area contributed by atoms with E-state index >= 15 is 0 Å². The highest BCUT2D eigenvalue weighted by atomic mass is 127. The van der Waals surface area contributed by atoms with Gasteiger partial charge in [-0.2, -0.15) is 0 Å². The number of halogens is 2. The minimum absolute atomic E-state index is 0.207. The summed E-state index contributed by atoms with van der Waals surface area (Å²) in [5, 5.41) is 2.15. The minimum atomic E-state index is -0.544. The maximum Gasteiger partial charge on any atom is 0.343 e. The molecule has 0 unspecified atom stereocenters. The number of carbonyl (C=O) groups is 4. The van der Waals surface area contributed by atoms with Gasteiger partial charge in [-0.05, 0) is 112 Å². The Kier molecular flexibility index (Phi) is 9.80. The van der Waals surface area contributed by atoms with Crippen molar-refractivity contribution >= 4 is 91.7 Å². The quantitative estimate of drug-likeness (QED) is 0.229. The lowest BCUT2D eigenvalue weighted by Gasteiger charge is -2.13. The number of imide groups is 1. The third-order valence-electron chi connectivity index (χ3n) is 4.50. The lowest BCUT2D eigenvalue weighted by atomic mass is 10.2. The highest BCUT2D eigenvalue weighted by Crippen LogP contribution is 2.34. The highest BCUT2D eigenvalue weighted by Gasteiger charge is 2.36. The summed E-state index contributed by atoms with van der Waals surface area (Å²) in [6, 6.07) is 10.3. The van der Waals surface area contributed by atoms with Gasteiger partial charge in [-0.3, -0.25) is 19.3 Å². The topological polar surface area (TPSA) is 111 Å².